The Morgan fingerprint density at radius 3 is 2.00 bits per heavy atom. The van der Waals surface area contributed by atoms with E-state index in [4.69, 9.17) is 9.84 Å². The highest BCUT2D eigenvalue weighted by Gasteiger charge is 2.69. The fraction of sp³-hybridized carbons (Fsp3) is 0.429. The quantitative estimate of drug-likeness (QED) is 0.379. The number of nitrogens with zero attached hydrogens (tertiary/aromatic N) is 1. The van der Waals surface area contributed by atoms with Gasteiger partial charge in [0.1, 0.15) is 5.60 Å². The third-order valence-electron chi connectivity index (χ3n) is 2.82. The van der Waals surface area contributed by atoms with E-state index in [9.17, 15) is 31.7 Å². The average Bonchev–Trinajstić information content (AvgIpc) is 2.43. The van der Waals surface area contributed by atoms with E-state index in [1.54, 1.807) is 0 Å². The molecular formula is C14H14F5NO4. The molecule has 1 N–H and O–H groups in total. The van der Waals surface area contributed by atoms with Crippen LogP contribution >= 0.6 is 0 Å². The zero-order chi connectivity index (χ0) is 18.9. The fourth-order valence-electron chi connectivity index (χ4n) is 1.76. The van der Waals surface area contributed by atoms with Gasteiger partial charge in [0.2, 0.25) is 0 Å². The van der Waals surface area contributed by atoms with Crippen LogP contribution in [0, 0.1) is 0 Å². The number of ether oxygens (including phenoxy) is 1. The average molecular weight is 355 g/mol. The summed E-state index contributed by atoms with van der Waals surface area (Å²) < 4.78 is 72.6. The van der Waals surface area contributed by atoms with Crippen LogP contribution in [0.2, 0.25) is 0 Å². The van der Waals surface area contributed by atoms with Gasteiger partial charge in [0, 0.05) is 5.56 Å². The van der Waals surface area contributed by atoms with Crippen molar-refractivity contribution in [1.82, 2.24) is 5.34 Å². The minimum atomic E-state index is -5.37. The highest BCUT2D eigenvalue weighted by molar-refractivity contribution is 5.92. The van der Waals surface area contributed by atoms with Gasteiger partial charge in [0.25, 0.3) is 0 Å². The van der Waals surface area contributed by atoms with Gasteiger partial charge in [-0.1, -0.05) is 27.2 Å². The molecule has 0 amide bonds. The first-order chi connectivity index (χ1) is 10.7. The van der Waals surface area contributed by atoms with Gasteiger partial charge >= 0.3 is 23.7 Å². The van der Waals surface area contributed by atoms with Crippen molar-refractivity contribution in [3.8, 4) is 0 Å². The molecule has 0 radical (unpaired) electrons. The summed E-state index contributed by atoms with van der Waals surface area (Å²) in [5, 5.41) is 5.77. The summed E-state index contributed by atoms with van der Waals surface area (Å²) in [6.07, 6.45) is 0. The zero-order valence-corrected chi connectivity index (χ0v) is 12.8. The number of alkyl halides is 3. The third kappa shape index (κ3) is 3.48. The maximum atomic E-state index is 14.3. The zero-order valence-electron chi connectivity index (χ0n) is 12.8. The van der Waals surface area contributed by atoms with Crippen molar-refractivity contribution in [2.45, 2.75) is 38.1 Å². The summed E-state index contributed by atoms with van der Waals surface area (Å²) in [7, 11) is 0. The molecule has 0 aromatic heterocycles. The first-order valence-corrected chi connectivity index (χ1v) is 6.50. The molecule has 0 heterocycles. The Morgan fingerprint density at radius 2 is 1.58 bits per heavy atom. The van der Waals surface area contributed by atoms with Crippen molar-refractivity contribution in [1.29, 1.82) is 0 Å². The lowest BCUT2D eigenvalue weighted by Gasteiger charge is -2.30. The number of carboxylic acid groups (broad SMARTS) is 1. The number of halogens is 5. The Labute approximate surface area is 133 Å². The highest BCUT2D eigenvalue weighted by atomic mass is 19.4. The lowest BCUT2D eigenvalue weighted by atomic mass is 9.94. The Kier molecular flexibility index (Phi) is 5.24. The van der Waals surface area contributed by atoms with Gasteiger partial charge in [0.05, 0.1) is 10.9 Å². The summed E-state index contributed by atoms with van der Waals surface area (Å²) in [4.78, 5) is 22.7. The number of aliphatic carboxylic acids is 1. The molecule has 5 nitrogen and oxygen atoms in total. The van der Waals surface area contributed by atoms with Crippen molar-refractivity contribution in [3.63, 3.8) is 0 Å². The Morgan fingerprint density at radius 1 is 1.08 bits per heavy atom. The molecule has 134 valence electrons. The lowest BCUT2D eigenvalue weighted by Crippen LogP contribution is -2.56. The molecule has 1 aromatic rings. The van der Waals surface area contributed by atoms with E-state index in [0.717, 1.165) is 18.2 Å². The SMILES string of the molecule is CC(C)(C)OC(=O)c1ccccc1C(F)(F)[C@@](F)(C(=O)O)N(F)F. The smallest absolute Gasteiger partial charge is 0.382 e. The van der Waals surface area contributed by atoms with Crippen LogP contribution < -0.4 is 0 Å². The highest BCUT2D eigenvalue weighted by Crippen LogP contribution is 2.46. The minimum Gasteiger partial charge on any atom is -0.478 e. The molecule has 0 bridgehead atoms. The molecule has 0 saturated carbocycles. The van der Waals surface area contributed by atoms with Crippen LogP contribution in [-0.2, 0) is 15.5 Å². The van der Waals surface area contributed by atoms with Gasteiger partial charge in [-0.15, -0.1) is 0 Å². The van der Waals surface area contributed by atoms with E-state index in [-0.39, 0.29) is 0 Å². The van der Waals surface area contributed by atoms with Crippen LogP contribution in [0.3, 0.4) is 0 Å². The summed E-state index contributed by atoms with van der Waals surface area (Å²) in [5.41, 5.74) is -3.57. The van der Waals surface area contributed by atoms with Crippen molar-refractivity contribution in [3.05, 3.63) is 35.4 Å². The second-order valence-corrected chi connectivity index (χ2v) is 5.78. The maximum Gasteiger partial charge on any atom is 0.382 e. The molecule has 0 saturated heterocycles. The minimum absolute atomic E-state index is 0.472. The van der Waals surface area contributed by atoms with Gasteiger partial charge in [-0.3, -0.25) is 0 Å². The Hall–Kier alpha value is -2.23. The van der Waals surface area contributed by atoms with Crippen molar-refractivity contribution >= 4 is 11.9 Å². The lowest BCUT2D eigenvalue weighted by molar-refractivity contribution is -0.340. The third-order valence-corrected chi connectivity index (χ3v) is 2.82. The van der Waals surface area contributed by atoms with Crippen LogP contribution in [0.1, 0.15) is 36.7 Å². The van der Waals surface area contributed by atoms with Crippen LogP contribution in [0.5, 0.6) is 0 Å². The van der Waals surface area contributed by atoms with E-state index in [0.29, 0.717) is 6.07 Å². The summed E-state index contributed by atoms with van der Waals surface area (Å²) in [6.45, 7) is 4.27. The largest absolute Gasteiger partial charge is 0.478 e. The van der Waals surface area contributed by atoms with Crippen LogP contribution in [0.4, 0.5) is 22.1 Å². The number of carbonyl (C=O) groups excluding carboxylic acids is 1. The van der Waals surface area contributed by atoms with E-state index >= 15 is 0 Å². The first kappa shape index (κ1) is 19.8. The second-order valence-electron chi connectivity index (χ2n) is 5.78. The first-order valence-electron chi connectivity index (χ1n) is 6.50. The summed E-state index contributed by atoms with van der Waals surface area (Å²) in [6, 6.07) is 3.29. The van der Waals surface area contributed by atoms with E-state index in [1.165, 1.54) is 20.8 Å². The second kappa shape index (κ2) is 6.34. The maximum absolute atomic E-state index is 14.3. The molecular weight excluding hydrogens is 341 g/mol. The van der Waals surface area contributed by atoms with E-state index in [1.807, 2.05) is 0 Å². The molecule has 0 unspecified atom stereocenters. The molecule has 1 rings (SSSR count). The molecule has 1 atom stereocenters. The number of carbonyl (C=O) groups is 2. The monoisotopic (exact) mass is 355 g/mol. The molecule has 0 aliphatic rings. The van der Waals surface area contributed by atoms with Crippen molar-refractivity contribution in [2.24, 2.45) is 0 Å². The fourth-order valence-corrected chi connectivity index (χ4v) is 1.76. The number of rotatable bonds is 5. The topological polar surface area (TPSA) is 66.8 Å². The number of carboxylic acids is 1. The summed E-state index contributed by atoms with van der Waals surface area (Å²) >= 11 is 0. The van der Waals surface area contributed by atoms with Gasteiger partial charge in [-0.2, -0.15) is 8.78 Å². The van der Waals surface area contributed by atoms with Gasteiger partial charge in [-0.25, -0.2) is 14.0 Å². The van der Waals surface area contributed by atoms with E-state index < -0.39 is 45.7 Å². The van der Waals surface area contributed by atoms with Gasteiger partial charge in [0.15, 0.2) is 0 Å². The molecule has 24 heavy (non-hydrogen) atoms. The van der Waals surface area contributed by atoms with Gasteiger partial charge < -0.3 is 9.84 Å². The predicted molar refractivity (Wildman–Crippen MR) is 71.0 cm³/mol. The van der Waals surface area contributed by atoms with Crippen molar-refractivity contribution < 1.29 is 41.6 Å². The van der Waals surface area contributed by atoms with Gasteiger partial charge in [-0.05, 0) is 26.8 Å². The predicted octanol–water partition coefficient (Wildman–Crippen LogP) is 3.56. The summed E-state index contributed by atoms with van der Waals surface area (Å²) in [5.74, 6) is -15.1. The number of hydrogen-bond donors (Lipinski definition) is 1. The van der Waals surface area contributed by atoms with Crippen LogP contribution in [0.15, 0.2) is 24.3 Å². The molecule has 0 aliphatic carbocycles. The van der Waals surface area contributed by atoms with E-state index in [2.05, 4.69) is 0 Å². The molecule has 1 aromatic carbocycles. The molecule has 0 aliphatic heterocycles. The standard InChI is InChI=1S/C14H14F5NO4/c1-12(2,3)24-10(21)8-6-4-5-7-9(8)13(15,16)14(17,11(22)23)20(18)19/h4-7H,1-3H3,(H,22,23)/t14-/m1/s1. The Balaban J connectivity index is 3.51. The molecule has 0 spiro atoms. The number of esters is 1. The number of hydrogen-bond acceptors (Lipinski definition) is 4. The normalized spacial score (nSPS) is 15.0. The molecule has 10 heteroatoms. The van der Waals surface area contributed by atoms with Crippen LogP contribution in [0.25, 0.3) is 0 Å². The van der Waals surface area contributed by atoms with Crippen LogP contribution in [-0.4, -0.2) is 33.8 Å². The number of benzene rings is 1. The molecule has 0 fully saturated rings. The van der Waals surface area contributed by atoms with Crippen molar-refractivity contribution in [2.75, 3.05) is 0 Å². The Bertz CT molecular complexity index is 644.